The second-order valence-electron chi connectivity index (χ2n) is 4.09. The van der Waals surface area contributed by atoms with Gasteiger partial charge < -0.3 is 5.11 Å². The molecule has 0 radical (unpaired) electrons. The van der Waals surface area contributed by atoms with E-state index in [1.54, 1.807) is 19.1 Å². The van der Waals surface area contributed by atoms with E-state index >= 15 is 0 Å². The quantitative estimate of drug-likeness (QED) is 0.877. The van der Waals surface area contributed by atoms with Gasteiger partial charge in [-0.3, -0.25) is 0 Å². The molecule has 2 atom stereocenters. The molecule has 0 aliphatic carbocycles. The summed E-state index contributed by atoms with van der Waals surface area (Å²) in [5.74, 6) is 0.535. The van der Waals surface area contributed by atoms with Crippen molar-refractivity contribution in [2.45, 2.75) is 30.1 Å². The molecular formula is C12H17ClO3S2. The molecular weight excluding hydrogens is 292 g/mol. The van der Waals surface area contributed by atoms with Crippen molar-refractivity contribution in [2.24, 2.45) is 0 Å². The third-order valence-electron chi connectivity index (χ3n) is 2.58. The van der Waals surface area contributed by atoms with E-state index < -0.39 is 15.9 Å². The largest absolute Gasteiger partial charge is 0.392 e. The van der Waals surface area contributed by atoms with Crippen LogP contribution in [0.3, 0.4) is 0 Å². The highest BCUT2D eigenvalue weighted by Gasteiger charge is 2.16. The summed E-state index contributed by atoms with van der Waals surface area (Å²) in [5.41, 5.74) is 0. The monoisotopic (exact) mass is 308 g/mol. The zero-order valence-electron chi connectivity index (χ0n) is 10.3. The zero-order valence-corrected chi connectivity index (χ0v) is 12.7. The molecule has 0 amide bonds. The number of aliphatic hydroxyl groups is 1. The minimum Gasteiger partial charge on any atom is -0.392 e. The number of hydrogen-bond donors (Lipinski definition) is 1. The topological polar surface area (TPSA) is 54.4 Å². The predicted octanol–water partition coefficient (Wildman–Crippen LogP) is 2.62. The first-order valence-corrected chi connectivity index (χ1v) is 8.69. The summed E-state index contributed by atoms with van der Waals surface area (Å²) in [7, 11) is -3.26. The van der Waals surface area contributed by atoms with Crippen molar-refractivity contribution < 1.29 is 13.5 Å². The van der Waals surface area contributed by atoms with Gasteiger partial charge in [0.05, 0.1) is 16.8 Å². The minimum absolute atomic E-state index is 0.0328. The molecule has 1 rings (SSSR count). The Bertz CT molecular complexity index is 469. The van der Waals surface area contributed by atoms with E-state index in [4.69, 9.17) is 11.6 Å². The predicted molar refractivity (Wildman–Crippen MR) is 77.1 cm³/mol. The Morgan fingerprint density at radius 3 is 2.33 bits per heavy atom. The van der Waals surface area contributed by atoms with E-state index in [-0.39, 0.29) is 15.9 Å². The molecule has 2 unspecified atom stereocenters. The van der Waals surface area contributed by atoms with Crippen molar-refractivity contribution in [2.75, 3.05) is 11.5 Å². The first-order chi connectivity index (χ1) is 8.33. The fourth-order valence-electron chi connectivity index (χ4n) is 1.24. The molecule has 3 nitrogen and oxygen atoms in total. The van der Waals surface area contributed by atoms with Gasteiger partial charge in [-0.05, 0) is 31.2 Å². The third-order valence-corrected chi connectivity index (χ3v) is 6.19. The number of sulfone groups is 1. The molecule has 0 aliphatic rings. The van der Waals surface area contributed by atoms with Crippen LogP contribution in [0.15, 0.2) is 29.2 Å². The van der Waals surface area contributed by atoms with Crippen LogP contribution < -0.4 is 0 Å². The van der Waals surface area contributed by atoms with E-state index in [1.165, 1.54) is 23.9 Å². The highest BCUT2D eigenvalue weighted by Crippen LogP contribution is 2.19. The van der Waals surface area contributed by atoms with E-state index in [0.29, 0.717) is 10.8 Å². The maximum absolute atomic E-state index is 12.0. The summed E-state index contributed by atoms with van der Waals surface area (Å²) >= 11 is 7.17. The van der Waals surface area contributed by atoms with Crippen LogP contribution in [0, 0.1) is 0 Å². The first-order valence-electron chi connectivity index (χ1n) is 5.61. The summed E-state index contributed by atoms with van der Waals surface area (Å²) in [4.78, 5) is 0.289. The second-order valence-corrected chi connectivity index (χ2v) is 8.12. The van der Waals surface area contributed by atoms with Crippen LogP contribution in [0.4, 0.5) is 0 Å². The fourth-order valence-corrected chi connectivity index (χ4v) is 4.07. The molecule has 0 spiro atoms. The Morgan fingerprint density at radius 2 is 1.83 bits per heavy atom. The van der Waals surface area contributed by atoms with E-state index in [0.717, 1.165) is 0 Å². The van der Waals surface area contributed by atoms with Crippen molar-refractivity contribution in [1.29, 1.82) is 0 Å². The van der Waals surface area contributed by atoms with E-state index in [2.05, 4.69) is 0 Å². The van der Waals surface area contributed by atoms with Crippen LogP contribution in [0.5, 0.6) is 0 Å². The van der Waals surface area contributed by atoms with Crippen LogP contribution in [0.1, 0.15) is 13.8 Å². The van der Waals surface area contributed by atoms with Crippen molar-refractivity contribution in [3.05, 3.63) is 29.3 Å². The molecule has 0 saturated carbocycles. The smallest absolute Gasteiger partial charge is 0.179 e. The molecule has 6 heteroatoms. The Balaban J connectivity index is 2.58. The summed E-state index contributed by atoms with van der Waals surface area (Å²) < 4.78 is 24.0. The second kappa shape index (κ2) is 6.80. The fraction of sp³-hybridized carbons (Fsp3) is 0.500. The number of halogens is 1. The zero-order chi connectivity index (χ0) is 13.8. The molecule has 1 aromatic carbocycles. The molecule has 0 fully saturated rings. The maximum atomic E-state index is 12.0. The molecule has 1 aromatic rings. The van der Waals surface area contributed by atoms with Crippen molar-refractivity contribution in [3.63, 3.8) is 0 Å². The number of thioether (sulfide) groups is 1. The van der Waals surface area contributed by atoms with Gasteiger partial charge in [0.2, 0.25) is 0 Å². The Labute approximate surface area is 117 Å². The minimum atomic E-state index is -3.26. The molecule has 0 bridgehead atoms. The summed E-state index contributed by atoms with van der Waals surface area (Å²) in [6, 6.07) is 6.17. The van der Waals surface area contributed by atoms with Gasteiger partial charge in [0, 0.05) is 16.0 Å². The number of hydrogen-bond acceptors (Lipinski definition) is 4. The van der Waals surface area contributed by atoms with Crippen LogP contribution in [-0.2, 0) is 9.84 Å². The Kier molecular flexibility index (Phi) is 5.98. The van der Waals surface area contributed by atoms with Gasteiger partial charge in [-0.15, -0.1) is 0 Å². The lowest BCUT2D eigenvalue weighted by atomic mass is 10.3. The van der Waals surface area contributed by atoms with Gasteiger partial charge in [0.1, 0.15) is 0 Å². The first kappa shape index (κ1) is 15.8. The molecule has 102 valence electrons. The van der Waals surface area contributed by atoms with Crippen molar-refractivity contribution >= 4 is 33.2 Å². The number of aliphatic hydroxyl groups excluding tert-OH is 1. The highest BCUT2D eigenvalue weighted by molar-refractivity contribution is 8.01. The van der Waals surface area contributed by atoms with Crippen LogP contribution in [-0.4, -0.2) is 36.4 Å². The lowest BCUT2D eigenvalue weighted by Crippen LogP contribution is -2.18. The van der Waals surface area contributed by atoms with Crippen LogP contribution in [0.2, 0.25) is 5.02 Å². The Hall–Kier alpha value is -0.230. The summed E-state index contributed by atoms with van der Waals surface area (Å²) in [6.45, 7) is 3.58. The van der Waals surface area contributed by atoms with Gasteiger partial charge in [-0.2, -0.15) is 11.8 Å². The molecule has 1 N–H and O–H groups in total. The Morgan fingerprint density at radius 1 is 1.28 bits per heavy atom. The summed E-state index contributed by atoms with van der Waals surface area (Å²) in [6.07, 6.45) is -0.437. The highest BCUT2D eigenvalue weighted by atomic mass is 35.5. The van der Waals surface area contributed by atoms with Crippen molar-refractivity contribution in [3.8, 4) is 0 Å². The lowest BCUT2D eigenvalue weighted by molar-refractivity contribution is 0.196. The van der Waals surface area contributed by atoms with Crippen molar-refractivity contribution in [1.82, 2.24) is 0 Å². The molecule has 0 saturated heterocycles. The average molecular weight is 309 g/mol. The average Bonchev–Trinajstić information content (AvgIpc) is 2.29. The molecule has 18 heavy (non-hydrogen) atoms. The van der Waals surface area contributed by atoms with Gasteiger partial charge in [-0.1, -0.05) is 18.5 Å². The van der Waals surface area contributed by atoms with Crippen LogP contribution >= 0.6 is 23.4 Å². The lowest BCUT2D eigenvalue weighted by Gasteiger charge is -2.13. The number of rotatable bonds is 6. The van der Waals surface area contributed by atoms with Crippen LogP contribution in [0.25, 0.3) is 0 Å². The van der Waals surface area contributed by atoms with Gasteiger partial charge in [0.25, 0.3) is 0 Å². The number of benzene rings is 1. The van der Waals surface area contributed by atoms with Gasteiger partial charge in [-0.25, -0.2) is 8.42 Å². The molecule has 0 aromatic heterocycles. The maximum Gasteiger partial charge on any atom is 0.179 e. The third kappa shape index (κ3) is 4.80. The van der Waals surface area contributed by atoms with E-state index in [1.807, 2.05) is 6.92 Å². The molecule has 0 aliphatic heterocycles. The normalized spacial score (nSPS) is 15.3. The van der Waals surface area contributed by atoms with Gasteiger partial charge >= 0.3 is 0 Å². The standard InChI is InChI=1S/C12H17ClO3S2/c1-9(14)10(2)17-7-8-18(15,16)12-5-3-11(13)4-6-12/h3-6,9-10,14H,7-8H2,1-2H3. The van der Waals surface area contributed by atoms with Gasteiger partial charge in [0.15, 0.2) is 9.84 Å². The van der Waals surface area contributed by atoms with E-state index in [9.17, 15) is 13.5 Å². The SMILES string of the molecule is CC(O)C(C)SCCS(=O)(=O)c1ccc(Cl)cc1. The molecule has 0 heterocycles. The summed E-state index contributed by atoms with van der Waals surface area (Å²) in [5, 5.41) is 9.87.